The SMILES string of the molecule is CSC1(CNCC(=O)Nc2ccc(C)cc2)CC1. The van der Waals surface area contributed by atoms with Gasteiger partial charge in [-0.2, -0.15) is 11.8 Å². The summed E-state index contributed by atoms with van der Waals surface area (Å²) in [7, 11) is 0. The van der Waals surface area contributed by atoms with Gasteiger partial charge in [0.2, 0.25) is 5.91 Å². The van der Waals surface area contributed by atoms with Crippen molar-refractivity contribution in [2.75, 3.05) is 24.7 Å². The highest BCUT2D eigenvalue weighted by atomic mass is 32.2. The van der Waals surface area contributed by atoms with E-state index >= 15 is 0 Å². The zero-order chi connectivity index (χ0) is 13.0. The predicted octanol–water partition coefficient (Wildman–Crippen LogP) is 2.42. The van der Waals surface area contributed by atoms with Crippen molar-refractivity contribution < 1.29 is 4.79 Å². The molecule has 2 rings (SSSR count). The van der Waals surface area contributed by atoms with Crippen LogP contribution in [0.2, 0.25) is 0 Å². The van der Waals surface area contributed by atoms with E-state index in [0.717, 1.165) is 12.2 Å². The van der Waals surface area contributed by atoms with E-state index in [1.165, 1.54) is 18.4 Å². The molecule has 3 nitrogen and oxygen atoms in total. The molecule has 0 radical (unpaired) electrons. The third-order valence-electron chi connectivity index (χ3n) is 3.31. The van der Waals surface area contributed by atoms with Gasteiger partial charge in [-0.05, 0) is 38.2 Å². The summed E-state index contributed by atoms with van der Waals surface area (Å²) in [6.45, 7) is 3.34. The molecule has 1 aromatic rings. The van der Waals surface area contributed by atoms with Gasteiger partial charge < -0.3 is 10.6 Å². The number of benzene rings is 1. The molecule has 1 aliphatic rings. The zero-order valence-corrected chi connectivity index (χ0v) is 11.8. The molecular formula is C14H20N2OS. The third kappa shape index (κ3) is 3.75. The second-order valence-electron chi connectivity index (χ2n) is 4.90. The highest BCUT2D eigenvalue weighted by molar-refractivity contribution is 8.00. The molecule has 0 atom stereocenters. The largest absolute Gasteiger partial charge is 0.325 e. The van der Waals surface area contributed by atoms with Crippen LogP contribution >= 0.6 is 11.8 Å². The second kappa shape index (κ2) is 5.76. The lowest BCUT2D eigenvalue weighted by molar-refractivity contribution is -0.115. The van der Waals surface area contributed by atoms with Gasteiger partial charge in [0.05, 0.1) is 6.54 Å². The highest BCUT2D eigenvalue weighted by Gasteiger charge is 2.41. The van der Waals surface area contributed by atoms with E-state index in [1.807, 2.05) is 43.0 Å². The van der Waals surface area contributed by atoms with Crippen molar-refractivity contribution in [2.45, 2.75) is 24.5 Å². The number of anilines is 1. The lowest BCUT2D eigenvalue weighted by atomic mass is 10.2. The van der Waals surface area contributed by atoms with Gasteiger partial charge in [0, 0.05) is 17.0 Å². The summed E-state index contributed by atoms with van der Waals surface area (Å²) in [6.07, 6.45) is 4.67. The van der Waals surface area contributed by atoms with Crippen LogP contribution in [0, 0.1) is 6.92 Å². The summed E-state index contributed by atoms with van der Waals surface area (Å²) in [5, 5.41) is 6.12. The van der Waals surface area contributed by atoms with Crippen molar-refractivity contribution in [3.63, 3.8) is 0 Å². The first-order valence-corrected chi connectivity index (χ1v) is 7.48. The van der Waals surface area contributed by atoms with Crippen LogP contribution in [-0.2, 0) is 4.79 Å². The predicted molar refractivity (Wildman–Crippen MR) is 78.2 cm³/mol. The summed E-state index contributed by atoms with van der Waals surface area (Å²) in [4.78, 5) is 11.7. The highest BCUT2D eigenvalue weighted by Crippen LogP contribution is 2.46. The first-order chi connectivity index (χ1) is 8.63. The van der Waals surface area contributed by atoms with Gasteiger partial charge in [-0.25, -0.2) is 0 Å². The topological polar surface area (TPSA) is 41.1 Å². The lowest BCUT2D eigenvalue weighted by Crippen LogP contribution is -2.33. The van der Waals surface area contributed by atoms with Gasteiger partial charge in [0.15, 0.2) is 0 Å². The Kier molecular flexibility index (Phi) is 4.30. The zero-order valence-electron chi connectivity index (χ0n) is 11.0. The quantitative estimate of drug-likeness (QED) is 0.829. The Hall–Kier alpha value is -1.00. The van der Waals surface area contributed by atoms with Crippen LogP contribution < -0.4 is 10.6 Å². The summed E-state index contributed by atoms with van der Waals surface area (Å²) in [5.41, 5.74) is 2.06. The minimum atomic E-state index is 0.0238. The Morgan fingerprint density at radius 1 is 1.33 bits per heavy atom. The molecule has 0 heterocycles. The molecule has 1 aromatic carbocycles. The number of nitrogens with one attached hydrogen (secondary N) is 2. The molecule has 1 fully saturated rings. The average Bonchev–Trinajstić information content (AvgIpc) is 3.13. The summed E-state index contributed by atoms with van der Waals surface area (Å²) in [5.74, 6) is 0.0238. The molecule has 18 heavy (non-hydrogen) atoms. The molecule has 1 aliphatic carbocycles. The molecule has 0 bridgehead atoms. The van der Waals surface area contributed by atoms with E-state index in [2.05, 4.69) is 16.9 Å². The van der Waals surface area contributed by atoms with Crippen molar-refractivity contribution in [3.05, 3.63) is 29.8 Å². The van der Waals surface area contributed by atoms with E-state index in [0.29, 0.717) is 11.3 Å². The lowest BCUT2D eigenvalue weighted by Gasteiger charge is -2.13. The second-order valence-corrected chi connectivity index (χ2v) is 6.18. The number of carbonyl (C=O) groups is 1. The monoisotopic (exact) mass is 264 g/mol. The van der Waals surface area contributed by atoms with Crippen LogP contribution in [-0.4, -0.2) is 30.0 Å². The van der Waals surface area contributed by atoms with Crippen LogP contribution in [0.4, 0.5) is 5.69 Å². The number of amides is 1. The maximum Gasteiger partial charge on any atom is 0.238 e. The number of hydrogen-bond acceptors (Lipinski definition) is 3. The number of rotatable bonds is 6. The molecule has 1 amide bonds. The first-order valence-electron chi connectivity index (χ1n) is 6.26. The van der Waals surface area contributed by atoms with Gasteiger partial charge in [-0.3, -0.25) is 4.79 Å². The molecule has 0 saturated heterocycles. The Labute approximate surface area is 113 Å². The molecule has 98 valence electrons. The molecule has 2 N–H and O–H groups in total. The van der Waals surface area contributed by atoms with Crippen LogP contribution in [0.1, 0.15) is 18.4 Å². The van der Waals surface area contributed by atoms with E-state index in [1.54, 1.807) is 0 Å². The van der Waals surface area contributed by atoms with E-state index < -0.39 is 0 Å². The Morgan fingerprint density at radius 2 is 2.00 bits per heavy atom. The van der Waals surface area contributed by atoms with Crippen LogP contribution in [0.3, 0.4) is 0 Å². The maximum absolute atomic E-state index is 11.7. The van der Waals surface area contributed by atoms with Crippen molar-refractivity contribution in [1.29, 1.82) is 0 Å². The third-order valence-corrected chi connectivity index (χ3v) is 4.73. The van der Waals surface area contributed by atoms with Crippen molar-refractivity contribution in [1.82, 2.24) is 5.32 Å². The van der Waals surface area contributed by atoms with E-state index in [-0.39, 0.29) is 5.91 Å². The normalized spacial score (nSPS) is 16.3. The van der Waals surface area contributed by atoms with E-state index in [4.69, 9.17) is 0 Å². The summed E-state index contributed by atoms with van der Waals surface area (Å²) < 4.78 is 0.407. The number of aryl methyl sites for hydroxylation is 1. The van der Waals surface area contributed by atoms with Gasteiger partial charge >= 0.3 is 0 Å². The van der Waals surface area contributed by atoms with Crippen molar-refractivity contribution in [2.24, 2.45) is 0 Å². The van der Waals surface area contributed by atoms with Gasteiger partial charge in [-0.15, -0.1) is 0 Å². The maximum atomic E-state index is 11.7. The van der Waals surface area contributed by atoms with Gasteiger partial charge in [0.25, 0.3) is 0 Å². The number of hydrogen-bond donors (Lipinski definition) is 2. The molecule has 0 spiro atoms. The fourth-order valence-corrected chi connectivity index (χ4v) is 2.60. The fourth-order valence-electron chi connectivity index (χ4n) is 1.84. The van der Waals surface area contributed by atoms with Gasteiger partial charge in [-0.1, -0.05) is 17.7 Å². The average molecular weight is 264 g/mol. The van der Waals surface area contributed by atoms with Gasteiger partial charge in [0.1, 0.15) is 0 Å². The molecule has 0 unspecified atom stereocenters. The molecular weight excluding hydrogens is 244 g/mol. The van der Waals surface area contributed by atoms with Crippen LogP contribution in [0.25, 0.3) is 0 Å². The molecule has 0 aromatic heterocycles. The van der Waals surface area contributed by atoms with Crippen molar-refractivity contribution in [3.8, 4) is 0 Å². The Bertz CT molecular complexity index is 412. The summed E-state index contributed by atoms with van der Waals surface area (Å²) in [6, 6.07) is 7.85. The minimum absolute atomic E-state index is 0.0238. The first kappa shape index (κ1) is 13.4. The van der Waals surface area contributed by atoms with Crippen LogP contribution in [0.15, 0.2) is 24.3 Å². The number of thioether (sulfide) groups is 1. The van der Waals surface area contributed by atoms with Crippen LogP contribution in [0.5, 0.6) is 0 Å². The van der Waals surface area contributed by atoms with Crippen molar-refractivity contribution >= 4 is 23.4 Å². The molecule has 4 heteroatoms. The Balaban J connectivity index is 1.70. The summed E-state index contributed by atoms with van der Waals surface area (Å²) >= 11 is 1.90. The minimum Gasteiger partial charge on any atom is -0.325 e. The smallest absolute Gasteiger partial charge is 0.238 e. The Morgan fingerprint density at radius 3 is 2.56 bits per heavy atom. The van der Waals surface area contributed by atoms with E-state index in [9.17, 15) is 4.79 Å². The standard InChI is InChI=1S/C14H20N2OS/c1-11-3-5-12(6-4-11)16-13(17)9-15-10-14(18-2)7-8-14/h3-6,15H,7-10H2,1-2H3,(H,16,17). The number of carbonyl (C=O) groups excluding carboxylic acids is 1. The molecule has 1 saturated carbocycles. The molecule has 0 aliphatic heterocycles. The fraction of sp³-hybridized carbons (Fsp3) is 0.500.